The van der Waals surface area contributed by atoms with Crippen LogP contribution in [-0.2, 0) is 14.8 Å². The highest BCUT2D eigenvalue weighted by Crippen LogP contribution is 2.26. The topological polar surface area (TPSA) is 81.4 Å². The molecule has 19 heavy (non-hydrogen) atoms. The number of ether oxygens (including phenoxy) is 1. The Morgan fingerprint density at radius 3 is 2.53 bits per heavy atom. The van der Waals surface area contributed by atoms with Crippen LogP contribution < -0.4 is 10.5 Å². The zero-order valence-corrected chi connectivity index (χ0v) is 11.0. The third-order valence-electron chi connectivity index (χ3n) is 3.09. The molecule has 0 bridgehead atoms. The first-order chi connectivity index (χ1) is 8.83. The molecule has 0 amide bonds. The third kappa shape index (κ3) is 2.85. The van der Waals surface area contributed by atoms with Gasteiger partial charge in [-0.25, -0.2) is 21.9 Å². The quantitative estimate of drug-likeness (QED) is 0.811. The Hall–Kier alpha value is -1.25. The highest BCUT2D eigenvalue weighted by molar-refractivity contribution is 7.89. The third-order valence-corrected chi connectivity index (χ3v) is 4.63. The summed E-state index contributed by atoms with van der Waals surface area (Å²) in [6, 6.07) is 0.933. The van der Waals surface area contributed by atoms with Gasteiger partial charge in [-0.05, 0) is 18.9 Å². The summed E-state index contributed by atoms with van der Waals surface area (Å²) in [5, 5.41) is 0. The maximum Gasteiger partial charge on any atom is 0.243 e. The maximum absolute atomic E-state index is 13.5. The largest absolute Gasteiger partial charge is 0.396 e. The Morgan fingerprint density at radius 1 is 1.32 bits per heavy atom. The van der Waals surface area contributed by atoms with E-state index in [4.69, 9.17) is 10.5 Å². The minimum Gasteiger partial charge on any atom is -0.396 e. The summed E-state index contributed by atoms with van der Waals surface area (Å²) in [6.07, 6.45) is 1.05. The van der Waals surface area contributed by atoms with E-state index in [0.717, 1.165) is 6.07 Å². The molecule has 5 nitrogen and oxygen atoms in total. The number of methoxy groups -OCH3 is 1. The van der Waals surface area contributed by atoms with Crippen LogP contribution in [0.5, 0.6) is 0 Å². The first-order valence-electron chi connectivity index (χ1n) is 5.63. The molecule has 1 aromatic carbocycles. The summed E-state index contributed by atoms with van der Waals surface area (Å²) in [7, 11) is -2.51. The average molecular weight is 292 g/mol. The average Bonchev–Trinajstić information content (AvgIpc) is 2.27. The summed E-state index contributed by atoms with van der Waals surface area (Å²) in [5.74, 6) is -2.15. The maximum atomic E-state index is 13.5. The molecular weight excluding hydrogens is 278 g/mol. The number of benzene rings is 1. The van der Waals surface area contributed by atoms with Gasteiger partial charge in [0.15, 0.2) is 0 Å². The van der Waals surface area contributed by atoms with Crippen molar-refractivity contribution in [3.8, 4) is 0 Å². The Labute approximate surface area is 109 Å². The Balaban J connectivity index is 2.18. The Kier molecular flexibility index (Phi) is 3.75. The van der Waals surface area contributed by atoms with Gasteiger partial charge in [0, 0.05) is 19.2 Å². The molecule has 0 aliphatic heterocycles. The standard InChI is InChI=1S/C11H14F2N2O3S/c1-18-7-2-6(3-7)15-19(16,17)11-5-10(14)8(12)4-9(11)13/h4-7,15H,2-3,14H2,1H3. The van der Waals surface area contributed by atoms with Crippen LogP contribution in [0.3, 0.4) is 0 Å². The minimum atomic E-state index is -4.05. The van der Waals surface area contributed by atoms with E-state index in [0.29, 0.717) is 18.9 Å². The first kappa shape index (κ1) is 14.2. The second-order valence-electron chi connectivity index (χ2n) is 4.45. The molecule has 0 aromatic heterocycles. The Bertz CT molecular complexity index is 586. The molecule has 0 saturated heterocycles. The lowest BCUT2D eigenvalue weighted by Crippen LogP contribution is -2.47. The van der Waals surface area contributed by atoms with Gasteiger partial charge in [0.1, 0.15) is 16.5 Å². The number of halogens is 2. The number of nitrogen functional groups attached to an aromatic ring is 1. The molecule has 1 aliphatic carbocycles. The molecule has 0 radical (unpaired) electrons. The lowest BCUT2D eigenvalue weighted by Gasteiger charge is -2.34. The van der Waals surface area contributed by atoms with E-state index in [1.165, 1.54) is 7.11 Å². The lowest BCUT2D eigenvalue weighted by molar-refractivity contribution is 0.0236. The van der Waals surface area contributed by atoms with Crippen molar-refractivity contribution in [3.05, 3.63) is 23.8 Å². The van der Waals surface area contributed by atoms with Crippen molar-refractivity contribution in [2.75, 3.05) is 12.8 Å². The van der Waals surface area contributed by atoms with E-state index in [1.54, 1.807) is 0 Å². The molecule has 0 atom stereocenters. The molecule has 0 spiro atoms. The molecular formula is C11H14F2N2O3S. The molecule has 8 heteroatoms. The fourth-order valence-corrected chi connectivity index (χ4v) is 3.24. The van der Waals surface area contributed by atoms with E-state index in [1.807, 2.05) is 0 Å². The highest BCUT2D eigenvalue weighted by atomic mass is 32.2. The molecule has 106 valence electrons. The predicted molar refractivity (Wildman–Crippen MR) is 64.9 cm³/mol. The van der Waals surface area contributed by atoms with Crippen LogP contribution in [0.2, 0.25) is 0 Å². The summed E-state index contributed by atoms with van der Waals surface area (Å²) in [4.78, 5) is -0.646. The number of rotatable bonds is 4. The van der Waals surface area contributed by atoms with Crippen LogP contribution in [0, 0.1) is 11.6 Å². The van der Waals surface area contributed by atoms with Gasteiger partial charge in [0.2, 0.25) is 10.0 Å². The number of hydrogen-bond donors (Lipinski definition) is 2. The second-order valence-corrected chi connectivity index (χ2v) is 6.13. The first-order valence-corrected chi connectivity index (χ1v) is 7.11. The summed E-state index contributed by atoms with van der Waals surface area (Å²) >= 11 is 0. The molecule has 0 unspecified atom stereocenters. The summed E-state index contributed by atoms with van der Waals surface area (Å²) in [5.41, 5.74) is 4.84. The number of anilines is 1. The van der Waals surface area contributed by atoms with Crippen LogP contribution in [-0.4, -0.2) is 27.7 Å². The number of sulfonamides is 1. The van der Waals surface area contributed by atoms with Gasteiger partial charge >= 0.3 is 0 Å². The molecule has 1 aromatic rings. The van der Waals surface area contributed by atoms with Crippen molar-refractivity contribution < 1.29 is 21.9 Å². The molecule has 0 heterocycles. The number of hydrogen-bond acceptors (Lipinski definition) is 4. The van der Waals surface area contributed by atoms with Crippen molar-refractivity contribution in [1.82, 2.24) is 4.72 Å². The van der Waals surface area contributed by atoms with Crippen LogP contribution in [0.1, 0.15) is 12.8 Å². The number of nitrogens with one attached hydrogen (secondary N) is 1. The van der Waals surface area contributed by atoms with E-state index < -0.39 is 32.2 Å². The molecule has 1 saturated carbocycles. The van der Waals surface area contributed by atoms with Crippen molar-refractivity contribution in [2.45, 2.75) is 29.9 Å². The van der Waals surface area contributed by atoms with Crippen LogP contribution >= 0.6 is 0 Å². The van der Waals surface area contributed by atoms with Crippen LogP contribution in [0.4, 0.5) is 14.5 Å². The van der Waals surface area contributed by atoms with Crippen LogP contribution in [0.15, 0.2) is 17.0 Å². The van der Waals surface area contributed by atoms with Gasteiger partial charge in [-0.2, -0.15) is 0 Å². The van der Waals surface area contributed by atoms with E-state index in [9.17, 15) is 17.2 Å². The predicted octanol–water partition coefficient (Wildman–Crippen LogP) is 1.00. The van der Waals surface area contributed by atoms with Gasteiger partial charge in [0.05, 0.1) is 11.8 Å². The van der Waals surface area contributed by atoms with Gasteiger partial charge in [-0.3, -0.25) is 0 Å². The van der Waals surface area contributed by atoms with Crippen LogP contribution in [0.25, 0.3) is 0 Å². The fourth-order valence-electron chi connectivity index (χ4n) is 1.89. The van der Waals surface area contributed by atoms with Crippen molar-refractivity contribution in [3.63, 3.8) is 0 Å². The minimum absolute atomic E-state index is 0.0100. The van der Waals surface area contributed by atoms with E-state index in [2.05, 4.69) is 4.72 Å². The van der Waals surface area contributed by atoms with Crippen molar-refractivity contribution in [1.29, 1.82) is 0 Å². The SMILES string of the molecule is COC1CC(NS(=O)(=O)c2cc(N)c(F)cc2F)C1. The van der Waals surface area contributed by atoms with E-state index >= 15 is 0 Å². The monoisotopic (exact) mass is 292 g/mol. The number of nitrogens with two attached hydrogens (primary N) is 1. The molecule has 1 fully saturated rings. The Morgan fingerprint density at radius 2 is 1.95 bits per heavy atom. The lowest BCUT2D eigenvalue weighted by atomic mass is 9.90. The van der Waals surface area contributed by atoms with Gasteiger partial charge in [-0.1, -0.05) is 0 Å². The molecule has 2 rings (SSSR count). The van der Waals surface area contributed by atoms with E-state index in [-0.39, 0.29) is 12.1 Å². The zero-order chi connectivity index (χ0) is 14.2. The fraction of sp³-hybridized carbons (Fsp3) is 0.455. The normalized spacial score (nSPS) is 23.1. The van der Waals surface area contributed by atoms with Gasteiger partial charge in [0.25, 0.3) is 0 Å². The van der Waals surface area contributed by atoms with Crippen molar-refractivity contribution >= 4 is 15.7 Å². The smallest absolute Gasteiger partial charge is 0.243 e. The second kappa shape index (κ2) is 5.03. The van der Waals surface area contributed by atoms with Gasteiger partial charge in [-0.15, -0.1) is 0 Å². The molecule has 3 N–H and O–H groups in total. The van der Waals surface area contributed by atoms with Gasteiger partial charge < -0.3 is 10.5 Å². The zero-order valence-electron chi connectivity index (χ0n) is 10.2. The highest BCUT2D eigenvalue weighted by Gasteiger charge is 2.33. The summed E-state index contributed by atoms with van der Waals surface area (Å²) < 4.78 is 57.7. The molecule has 1 aliphatic rings. The summed E-state index contributed by atoms with van der Waals surface area (Å²) in [6.45, 7) is 0. The van der Waals surface area contributed by atoms with Crippen molar-refractivity contribution in [2.24, 2.45) is 0 Å².